The molecule has 0 aliphatic heterocycles. The first-order chi connectivity index (χ1) is 7.20. The molecule has 0 aromatic heterocycles. The van der Waals surface area contributed by atoms with Gasteiger partial charge < -0.3 is 4.90 Å². The number of rotatable bonds is 8. The van der Waals surface area contributed by atoms with E-state index in [1.165, 1.54) is 0 Å². The van der Waals surface area contributed by atoms with Crippen LogP contribution in [0.25, 0.3) is 0 Å². The highest BCUT2D eigenvalue weighted by molar-refractivity contribution is 5.74. The molecule has 0 heterocycles. The summed E-state index contributed by atoms with van der Waals surface area (Å²) in [5.74, 6) is 4.85. The van der Waals surface area contributed by atoms with E-state index in [9.17, 15) is 4.79 Å². The average Bonchev–Trinajstić information content (AvgIpc) is 2.25. The molecule has 0 saturated heterocycles. The van der Waals surface area contributed by atoms with E-state index in [-0.39, 0.29) is 5.91 Å². The minimum Gasteiger partial charge on any atom is -0.305 e. The van der Waals surface area contributed by atoms with Crippen LogP contribution in [0.15, 0.2) is 0 Å². The largest absolute Gasteiger partial charge is 0.305 e. The van der Waals surface area contributed by atoms with Crippen molar-refractivity contribution < 1.29 is 4.79 Å². The normalized spacial score (nSPS) is 10.0. The number of nitriles is 1. The van der Waals surface area contributed by atoms with Gasteiger partial charge in [-0.15, -0.1) is 0 Å². The van der Waals surface area contributed by atoms with E-state index in [4.69, 9.17) is 11.1 Å². The van der Waals surface area contributed by atoms with E-state index in [0.717, 1.165) is 32.4 Å². The van der Waals surface area contributed by atoms with Gasteiger partial charge >= 0.3 is 0 Å². The number of amides is 1. The van der Waals surface area contributed by atoms with E-state index >= 15 is 0 Å². The molecule has 15 heavy (non-hydrogen) atoms. The van der Waals surface area contributed by atoms with Crippen molar-refractivity contribution in [2.24, 2.45) is 5.84 Å². The molecule has 0 unspecified atom stereocenters. The highest BCUT2D eigenvalue weighted by Crippen LogP contribution is 2.01. The smallest absolute Gasteiger partial charge is 0.233 e. The molecule has 0 aromatic rings. The number of hydrogen-bond donors (Lipinski definition) is 2. The van der Waals surface area contributed by atoms with Crippen molar-refractivity contribution in [3.63, 3.8) is 0 Å². The number of unbranched alkanes of at least 4 members (excludes halogenated alkanes) is 2. The maximum absolute atomic E-state index is 10.8. The topological polar surface area (TPSA) is 82.2 Å². The Morgan fingerprint density at radius 3 is 2.73 bits per heavy atom. The third-order valence-corrected chi connectivity index (χ3v) is 2.21. The summed E-state index contributed by atoms with van der Waals surface area (Å²) < 4.78 is 0. The molecule has 0 rings (SSSR count). The van der Waals surface area contributed by atoms with Crippen molar-refractivity contribution in [3.8, 4) is 6.07 Å². The molecule has 0 fully saturated rings. The van der Waals surface area contributed by atoms with Gasteiger partial charge in [-0.2, -0.15) is 5.26 Å². The number of nitrogens with one attached hydrogen (secondary N) is 1. The second-order valence-electron chi connectivity index (χ2n) is 3.59. The lowest BCUT2D eigenvalue weighted by molar-refractivity contribution is -0.121. The van der Waals surface area contributed by atoms with Crippen molar-refractivity contribution in [2.45, 2.75) is 32.1 Å². The Morgan fingerprint density at radius 2 is 2.13 bits per heavy atom. The van der Waals surface area contributed by atoms with Gasteiger partial charge in [-0.25, -0.2) is 5.84 Å². The molecule has 1 amide bonds. The summed E-state index contributed by atoms with van der Waals surface area (Å²) in [4.78, 5) is 12.9. The van der Waals surface area contributed by atoms with Gasteiger partial charge in [0.25, 0.3) is 0 Å². The van der Waals surface area contributed by atoms with Gasteiger partial charge in [0.05, 0.1) is 6.07 Å². The maximum atomic E-state index is 10.8. The van der Waals surface area contributed by atoms with Crippen LogP contribution in [0.2, 0.25) is 0 Å². The van der Waals surface area contributed by atoms with Crippen molar-refractivity contribution in [1.29, 1.82) is 5.26 Å². The highest BCUT2D eigenvalue weighted by Gasteiger charge is 1.99. The number of hydrogen-bond acceptors (Lipinski definition) is 4. The van der Waals surface area contributed by atoms with Crippen LogP contribution < -0.4 is 11.3 Å². The summed E-state index contributed by atoms with van der Waals surface area (Å²) in [5, 5.41) is 8.38. The Balaban J connectivity index is 3.24. The minimum atomic E-state index is -0.104. The van der Waals surface area contributed by atoms with Crippen LogP contribution in [-0.2, 0) is 4.79 Å². The Hall–Kier alpha value is -1.12. The molecule has 0 bridgehead atoms. The standard InChI is InChI=1S/C10H20N4O/c1-14(9-5-7-11)8-4-2-3-6-10(15)13-12/h2-6,8-9,12H2,1H3,(H,13,15). The summed E-state index contributed by atoms with van der Waals surface area (Å²) in [6, 6.07) is 2.11. The van der Waals surface area contributed by atoms with Crippen LogP contribution in [0.4, 0.5) is 0 Å². The first-order valence-corrected chi connectivity index (χ1v) is 5.25. The van der Waals surface area contributed by atoms with Gasteiger partial charge in [0, 0.05) is 19.4 Å². The summed E-state index contributed by atoms with van der Waals surface area (Å²) in [6.07, 6.45) is 4.02. The molecule has 0 aliphatic rings. The zero-order chi connectivity index (χ0) is 11.5. The summed E-state index contributed by atoms with van der Waals surface area (Å²) in [7, 11) is 2.00. The molecule has 0 aromatic carbocycles. The molecule has 0 saturated carbocycles. The fourth-order valence-electron chi connectivity index (χ4n) is 1.27. The van der Waals surface area contributed by atoms with Crippen LogP contribution in [-0.4, -0.2) is 30.9 Å². The Morgan fingerprint density at radius 1 is 1.40 bits per heavy atom. The van der Waals surface area contributed by atoms with Crippen molar-refractivity contribution >= 4 is 5.91 Å². The molecular weight excluding hydrogens is 192 g/mol. The summed E-state index contributed by atoms with van der Waals surface area (Å²) in [5.41, 5.74) is 2.11. The number of nitrogens with two attached hydrogens (primary N) is 1. The fraction of sp³-hybridized carbons (Fsp3) is 0.800. The highest BCUT2D eigenvalue weighted by atomic mass is 16.2. The lowest BCUT2D eigenvalue weighted by Gasteiger charge is -2.13. The van der Waals surface area contributed by atoms with Gasteiger partial charge in [-0.3, -0.25) is 10.2 Å². The minimum absolute atomic E-state index is 0.104. The van der Waals surface area contributed by atoms with Crippen LogP contribution in [0.1, 0.15) is 32.1 Å². The van der Waals surface area contributed by atoms with Crippen molar-refractivity contribution in [2.75, 3.05) is 20.1 Å². The van der Waals surface area contributed by atoms with E-state index in [0.29, 0.717) is 12.8 Å². The van der Waals surface area contributed by atoms with E-state index < -0.39 is 0 Å². The molecule has 5 heteroatoms. The Labute approximate surface area is 91.2 Å². The number of carbonyl (C=O) groups is 1. The molecule has 5 nitrogen and oxygen atoms in total. The molecule has 0 atom stereocenters. The van der Waals surface area contributed by atoms with E-state index in [1.54, 1.807) is 0 Å². The Bertz CT molecular complexity index is 212. The first-order valence-electron chi connectivity index (χ1n) is 5.25. The van der Waals surface area contributed by atoms with Crippen LogP contribution in [0.5, 0.6) is 0 Å². The van der Waals surface area contributed by atoms with Gasteiger partial charge in [0.1, 0.15) is 0 Å². The molecule has 86 valence electrons. The second kappa shape index (κ2) is 9.44. The quantitative estimate of drug-likeness (QED) is 0.264. The molecular formula is C10H20N4O. The number of nitrogens with zero attached hydrogens (tertiary/aromatic N) is 2. The summed E-state index contributed by atoms with van der Waals surface area (Å²) >= 11 is 0. The number of carbonyl (C=O) groups excluding carboxylic acids is 1. The molecule has 3 N–H and O–H groups in total. The molecule has 0 aliphatic carbocycles. The SMILES string of the molecule is CN(CCC#N)CCCCCC(=O)NN. The van der Waals surface area contributed by atoms with Crippen LogP contribution >= 0.6 is 0 Å². The lowest BCUT2D eigenvalue weighted by atomic mass is 10.2. The maximum Gasteiger partial charge on any atom is 0.233 e. The van der Waals surface area contributed by atoms with Gasteiger partial charge in [0.2, 0.25) is 5.91 Å². The second-order valence-corrected chi connectivity index (χ2v) is 3.59. The Kier molecular flexibility index (Phi) is 8.73. The van der Waals surface area contributed by atoms with Gasteiger partial charge in [-0.1, -0.05) is 6.42 Å². The predicted molar refractivity (Wildman–Crippen MR) is 58.5 cm³/mol. The zero-order valence-corrected chi connectivity index (χ0v) is 9.33. The fourth-order valence-corrected chi connectivity index (χ4v) is 1.27. The zero-order valence-electron chi connectivity index (χ0n) is 9.33. The van der Waals surface area contributed by atoms with Crippen molar-refractivity contribution in [1.82, 2.24) is 10.3 Å². The molecule has 0 radical (unpaired) electrons. The van der Waals surface area contributed by atoms with Crippen molar-refractivity contribution in [3.05, 3.63) is 0 Å². The lowest BCUT2D eigenvalue weighted by Crippen LogP contribution is -2.29. The van der Waals surface area contributed by atoms with E-state index in [2.05, 4.69) is 16.4 Å². The summed E-state index contributed by atoms with van der Waals surface area (Å²) in [6.45, 7) is 1.80. The van der Waals surface area contributed by atoms with Crippen LogP contribution in [0, 0.1) is 11.3 Å². The molecule has 0 spiro atoms. The van der Waals surface area contributed by atoms with Crippen LogP contribution in [0.3, 0.4) is 0 Å². The van der Waals surface area contributed by atoms with Gasteiger partial charge in [-0.05, 0) is 26.4 Å². The van der Waals surface area contributed by atoms with E-state index in [1.807, 2.05) is 7.05 Å². The predicted octanol–water partition coefficient (Wildman–Crippen LogP) is 0.382. The third-order valence-electron chi connectivity index (χ3n) is 2.21. The first kappa shape index (κ1) is 13.9. The monoisotopic (exact) mass is 212 g/mol. The number of hydrazine groups is 1. The third kappa shape index (κ3) is 9.19. The van der Waals surface area contributed by atoms with Gasteiger partial charge in [0.15, 0.2) is 0 Å². The average molecular weight is 212 g/mol.